The standard InChI is InChI=1S/C13H20Cl2F3N5/c1-19-12(20-4-5-22(2)8-13(16,17)18)21-7-9-6-10(14)11(15)23(9)3/h6H,4-5,7-8H2,1-3H3,(H2,19,20,21). The molecular weight excluding hydrogens is 354 g/mol. The van der Waals surface area contributed by atoms with E-state index in [1.165, 1.54) is 11.9 Å². The van der Waals surface area contributed by atoms with Crippen LogP contribution in [0.3, 0.4) is 0 Å². The van der Waals surface area contributed by atoms with Crippen molar-refractivity contribution in [2.24, 2.45) is 12.0 Å². The van der Waals surface area contributed by atoms with E-state index in [4.69, 9.17) is 23.2 Å². The van der Waals surface area contributed by atoms with Gasteiger partial charge in [0.1, 0.15) is 5.15 Å². The number of rotatable bonds is 6. The molecule has 5 nitrogen and oxygen atoms in total. The average molecular weight is 374 g/mol. The van der Waals surface area contributed by atoms with Gasteiger partial charge in [-0.3, -0.25) is 9.89 Å². The highest BCUT2D eigenvalue weighted by atomic mass is 35.5. The van der Waals surface area contributed by atoms with Crippen LogP contribution < -0.4 is 10.6 Å². The molecule has 1 heterocycles. The Bertz CT molecular complexity index is 542. The van der Waals surface area contributed by atoms with E-state index < -0.39 is 12.7 Å². The zero-order chi connectivity index (χ0) is 17.6. The molecule has 0 spiro atoms. The van der Waals surface area contributed by atoms with Gasteiger partial charge in [-0.15, -0.1) is 0 Å². The fraction of sp³-hybridized carbons (Fsp3) is 0.615. The highest BCUT2D eigenvalue weighted by molar-refractivity contribution is 6.41. The van der Waals surface area contributed by atoms with Crippen LogP contribution in [-0.4, -0.2) is 55.3 Å². The summed E-state index contributed by atoms with van der Waals surface area (Å²) in [7, 11) is 4.78. The lowest BCUT2D eigenvalue weighted by atomic mass is 10.4. The highest BCUT2D eigenvalue weighted by Gasteiger charge is 2.28. The molecule has 0 unspecified atom stereocenters. The van der Waals surface area contributed by atoms with Gasteiger partial charge in [0.2, 0.25) is 0 Å². The number of nitrogens with zero attached hydrogens (tertiary/aromatic N) is 3. The third kappa shape index (κ3) is 6.88. The fourth-order valence-corrected chi connectivity index (χ4v) is 2.32. The van der Waals surface area contributed by atoms with Gasteiger partial charge < -0.3 is 15.2 Å². The van der Waals surface area contributed by atoms with Crippen LogP contribution in [0.25, 0.3) is 0 Å². The molecule has 0 saturated carbocycles. The third-order valence-electron chi connectivity index (χ3n) is 3.11. The van der Waals surface area contributed by atoms with Gasteiger partial charge in [0, 0.05) is 32.9 Å². The van der Waals surface area contributed by atoms with Crippen molar-refractivity contribution in [1.29, 1.82) is 0 Å². The molecule has 1 rings (SSSR count). The number of nitrogens with one attached hydrogen (secondary N) is 2. The lowest BCUT2D eigenvalue weighted by Gasteiger charge is -2.19. The van der Waals surface area contributed by atoms with Crippen LogP contribution in [0.2, 0.25) is 10.2 Å². The normalized spacial score (nSPS) is 12.8. The van der Waals surface area contributed by atoms with E-state index >= 15 is 0 Å². The minimum atomic E-state index is -4.19. The molecule has 0 fully saturated rings. The second-order valence-corrected chi connectivity index (χ2v) is 5.80. The SMILES string of the molecule is CN=C(NCCN(C)CC(F)(F)F)NCc1cc(Cl)c(Cl)n1C. The molecule has 132 valence electrons. The molecule has 2 N–H and O–H groups in total. The average Bonchev–Trinajstić information content (AvgIpc) is 2.68. The van der Waals surface area contributed by atoms with E-state index in [1.807, 2.05) is 0 Å². The molecule has 0 amide bonds. The van der Waals surface area contributed by atoms with Crippen molar-refractivity contribution in [3.8, 4) is 0 Å². The zero-order valence-corrected chi connectivity index (χ0v) is 14.6. The number of hydrogen-bond donors (Lipinski definition) is 2. The van der Waals surface area contributed by atoms with Crippen molar-refractivity contribution >= 4 is 29.2 Å². The van der Waals surface area contributed by atoms with E-state index in [-0.39, 0.29) is 6.54 Å². The first-order valence-electron chi connectivity index (χ1n) is 6.83. The Kier molecular flexibility index (Phi) is 7.50. The minimum Gasteiger partial charge on any atom is -0.355 e. The Hall–Kier alpha value is -1.12. The molecule has 0 aliphatic rings. The molecule has 10 heteroatoms. The molecular formula is C13H20Cl2F3N5. The summed E-state index contributed by atoms with van der Waals surface area (Å²) in [6, 6.07) is 1.74. The summed E-state index contributed by atoms with van der Waals surface area (Å²) in [4.78, 5) is 5.20. The number of halogens is 5. The topological polar surface area (TPSA) is 44.6 Å². The van der Waals surface area contributed by atoms with E-state index in [0.29, 0.717) is 29.2 Å². The maximum absolute atomic E-state index is 12.2. The summed E-state index contributed by atoms with van der Waals surface area (Å²) in [5.41, 5.74) is 0.858. The summed E-state index contributed by atoms with van der Waals surface area (Å²) in [6.45, 7) is 0.0605. The molecule has 0 atom stereocenters. The second-order valence-electron chi connectivity index (χ2n) is 5.04. The monoisotopic (exact) mass is 373 g/mol. The van der Waals surface area contributed by atoms with Crippen molar-refractivity contribution in [2.75, 3.05) is 33.7 Å². The number of guanidine groups is 1. The number of likely N-dealkylation sites (N-methyl/N-ethyl adjacent to an activating group) is 1. The molecule has 1 aromatic rings. The van der Waals surface area contributed by atoms with E-state index in [1.54, 1.807) is 24.7 Å². The predicted octanol–water partition coefficient (Wildman–Crippen LogP) is 2.49. The molecule has 0 radical (unpaired) electrons. The van der Waals surface area contributed by atoms with Crippen LogP contribution in [0.15, 0.2) is 11.1 Å². The predicted molar refractivity (Wildman–Crippen MR) is 87.2 cm³/mol. The van der Waals surface area contributed by atoms with Crippen LogP contribution >= 0.6 is 23.2 Å². The smallest absolute Gasteiger partial charge is 0.355 e. The Morgan fingerprint density at radius 2 is 2.00 bits per heavy atom. The third-order valence-corrected chi connectivity index (χ3v) is 3.95. The second kappa shape index (κ2) is 8.65. The molecule has 23 heavy (non-hydrogen) atoms. The van der Waals surface area contributed by atoms with Crippen LogP contribution in [0.1, 0.15) is 5.69 Å². The van der Waals surface area contributed by atoms with Crippen LogP contribution in [0, 0.1) is 0 Å². The Labute approximate surface area is 143 Å². The van der Waals surface area contributed by atoms with Crippen molar-refractivity contribution in [1.82, 2.24) is 20.1 Å². The van der Waals surface area contributed by atoms with E-state index in [2.05, 4.69) is 15.6 Å². The van der Waals surface area contributed by atoms with Gasteiger partial charge in [0.15, 0.2) is 5.96 Å². The van der Waals surface area contributed by atoms with Gasteiger partial charge >= 0.3 is 6.18 Å². The Morgan fingerprint density at radius 3 is 2.48 bits per heavy atom. The first kappa shape index (κ1) is 19.9. The largest absolute Gasteiger partial charge is 0.401 e. The van der Waals surface area contributed by atoms with Crippen molar-refractivity contribution in [2.45, 2.75) is 12.7 Å². The fourth-order valence-electron chi connectivity index (χ4n) is 1.90. The summed E-state index contributed by atoms with van der Waals surface area (Å²) in [5, 5.41) is 6.91. The van der Waals surface area contributed by atoms with Crippen LogP contribution in [-0.2, 0) is 13.6 Å². The Morgan fingerprint density at radius 1 is 1.35 bits per heavy atom. The molecule has 0 aliphatic carbocycles. The molecule has 0 saturated heterocycles. The zero-order valence-electron chi connectivity index (χ0n) is 13.1. The summed E-state index contributed by atoms with van der Waals surface area (Å²) in [5.74, 6) is 0.485. The summed E-state index contributed by atoms with van der Waals surface area (Å²) in [6.07, 6.45) is -4.19. The lowest BCUT2D eigenvalue weighted by Crippen LogP contribution is -2.42. The van der Waals surface area contributed by atoms with Gasteiger partial charge in [-0.05, 0) is 13.1 Å². The van der Waals surface area contributed by atoms with Gasteiger partial charge in [0.05, 0.1) is 18.1 Å². The van der Waals surface area contributed by atoms with Gasteiger partial charge in [0.25, 0.3) is 0 Å². The maximum atomic E-state index is 12.2. The number of hydrogen-bond acceptors (Lipinski definition) is 2. The first-order chi connectivity index (χ1) is 10.6. The number of aromatic nitrogens is 1. The minimum absolute atomic E-state index is 0.238. The highest BCUT2D eigenvalue weighted by Crippen LogP contribution is 2.24. The molecule has 0 aliphatic heterocycles. The van der Waals surface area contributed by atoms with Crippen LogP contribution in [0.4, 0.5) is 13.2 Å². The van der Waals surface area contributed by atoms with Gasteiger partial charge in [-0.1, -0.05) is 23.2 Å². The van der Waals surface area contributed by atoms with E-state index in [0.717, 1.165) is 5.69 Å². The first-order valence-corrected chi connectivity index (χ1v) is 7.59. The maximum Gasteiger partial charge on any atom is 0.401 e. The van der Waals surface area contributed by atoms with Crippen molar-refractivity contribution in [3.63, 3.8) is 0 Å². The molecule has 0 aromatic carbocycles. The molecule has 0 bridgehead atoms. The number of aliphatic imine (C=N–C) groups is 1. The Balaban J connectivity index is 2.39. The summed E-state index contributed by atoms with van der Waals surface area (Å²) < 4.78 is 38.4. The van der Waals surface area contributed by atoms with Gasteiger partial charge in [-0.25, -0.2) is 0 Å². The van der Waals surface area contributed by atoms with Crippen molar-refractivity contribution < 1.29 is 13.2 Å². The lowest BCUT2D eigenvalue weighted by molar-refractivity contribution is -0.142. The van der Waals surface area contributed by atoms with Crippen molar-refractivity contribution in [3.05, 3.63) is 21.9 Å². The quantitative estimate of drug-likeness (QED) is 0.594. The van der Waals surface area contributed by atoms with Crippen LogP contribution in [0.5, 0.6) is 0 Å². The molecule has 1 aromatic heterocycles. The van der Waals surface area contributed by atoms with E-state index in [9.17, 15) is 13.2 Å². The van der Waals surface area contributed by atoms with Gasteiger partial charge in [-0.2, -0.15) is 13.2 Å². The summed E-state index contributed by atoms with van der Waals surface area (Å²) >= 11 is 11.9. The number of alkyl halides is 3.